The van der Waals surface area contributed by atoms with E-state index >= 15 is 0 Å². The predicted molar refractivity (Wildman–Crippen MR) is 77.2 cm³/mol. The second-order valence-corrected chi connectivity index (χ2v) is 4.30. The van der Waals surface area contributed by atoms with E-state index in [2.05, 4.69) is 10.4 Å². The van der Waals surface area contributed by atoms with Crippen molar-refractivity contribution >= 4 is 18.4 Å². The number of carbonyl (C=O) groups is 2. The maximum absolute atomic E-state index is 13.8. The Morgan fingerprint density at radius 1 is 1.52 bits per heavy atom. The van der Waals surface area contributed by atoms with Gasteiger partial charge < -0.3 is 10.1 Å². The first-order chi connectivity index (χ1) is 9.94. The van der Waals surface area contributed by atoms with Gasteiger partial charge in [-0.25, -0.2) is 4.39 Å². The Hall–Kier alpha value is -2.44. The van der Waals surface area contributed by atoms with Gasteiger partial charge in [0.25, 0.3) is 5.91 Å². The van der Waals surface area contributed by atoms with E-state index in [-0.39, 0.29) is 16.9 Å². The monoisotopic (exact) mass is 295 g/mol. The first-order valence-electron chi connectivity index (χ1n) is 6.29. The lowest BCUT2D eigenvalue weighted by molar-refractivity contribution is 0.0888. The summed E-state index contributed by atoms with van der Waals surface area (Å²) in [7, 11) is 2.95. The maximum atomic E-state index is 13.8. The van der Waals surface area contributed by atoms with Gasteiger partial charge in [0.05, 0.1) is 12.7 Å². The molecule has 0 bridgehead atoms. The van der Waals surface area contributed by atoms with E-state index in [0.29, 0.717) is 6.29 Å². The number of halogens is 1. The van der Waals surface area contributed by atoms with E-state index in [1.165, 1.54) is 13.2 Å². The van der Waals surface area contributed by atoms with Crippen LogP contribution in [0.25, 0.3) is 0 Å². The van der Waals surface area contributed by atoms with Gasteiger partial charge >= 0.3 is 0 Å². The van der Waals surface area contributed by atoms with Crippen molar-refractivity contribution in [2.45, 2.75) is 20.0 Å². The molecule has 1 rings (SSSR count). The summed E-state index contributed by atoms with van der Waals surface area (Å²) >= 11 is 0. The Morgan fingerprint density at radius 3 is 2.71 bits per heavy atom. The highest BCUT2D eigenvalue weighted by Crippen LogP contribution is 2.23. The van der Waals surface area contributed by atoms with Crippen molar-refractivity contribution in [3.8, 4) is 5.75 Å². The van der Waals surface area contributed by atoms with Crippen molar-refractivity contribution in [2.75, 3.05) is 14.2 Å². The van der Waals surface area contributed by atoms with E-state index in [4.69, 9.17) is 4.74 Å². The van der Waals surface area contributed by atoms with Gasteiger partial charge in [-0.2, -0.15) is 5.10 Å². The molecule has 0 spiro atoms. The van der Waals surface area contributed by atoms with E-state index in [9.17, 15) is 14.0 Å². The molecule has 6 nitrogen and oxygen atoms in total. The third-order valence-electron chi connectivity index (χ3n) is 2.86. The van der Waals surface area contributed by atoms with Crippen LogP contribution in [0.15, 0.2) is 17.2 Å². The molecule has 1 aromatic rings. The van der Waals surface area contributed by atoms with Crippen LogP contribution in [-0.4, -0.2) is 43.7 Å². The molecule has 0 aromatic heterocycles. The third-order valence-corrected chi connectivity index (χ3v) is 2.86. The van der Waals surface area contributed by atoms with Crippen LogP contribution >= 0.6 is 0 Å². The fourth-order valence-corrected chi connectivity index (χ4v) is 1.70. The number of benzene rings is 1. The summed E-state index contributed by atoms with van der Waals surface area (Å²) in [6.45, 7) is 3.48. The number of hydrazone groups is 1. The minimum Gasteiger partial charge on any atom is -0.493 e. The van der Waals surface area contributed by atoms with Gasteiger partial charge in [-0.05, 0) is 26.0 Å². The summed E-state index contributed by atoms with van der Waals surface area (Å²) < 4.78 is 18.6. The van der Waals surface area contributed by atoms with Gasteiger partial charge in [0, 0.05) is 18.8 Å². The SMILES string of the molecule is C/C=N\N(C)C(C)NC(=O)c1cc(F)c(OC)c(C=O)c1. The Bertz CT molecular complexity index is 561. The molecule has 1 N–H and O–H groups in total. The lowest BCUT2D eigenvalue weighted by Crippen LogP contribution is -2.42. The minimum absolute atomic E-state index is 0.0183. The summed E-state index contributed by atoms with van der Waals surface area (Å²) in [4.78, 5) is 23.0. The average Bonchev–Trinajstić information content (AvgIpc) is 2.46. The van der Waals surface area contributed by atoms with Gasteiger partial charge in [-0.1, -0.05) is 0 Å². The molecule has 0 aliphatic rings. The Labute approximate surface area is 122 Å². The molecule has 21 heavy (non-hydrogen) atoms. The van der Waals surface area contributed by atoms with Crippen molar-refractivity contribution in [3.05, 3.63) is 29.1 Å². The normalized spacial score (nSPS) is 12.0. The summed E-state index contributed by atoms with van der Waals surface area (Å²) in [6, 6.07) is 2.30. The summed E-state index contributed by atoms with van der Waals surface area (Å²) in [6.07, 6.45) is 1.63. The van der Waals surface area contributed by atoms with E-state index in [1.54, 1.807) is 32.1 Å². The van der Waals surface area contributed by atoms with Crippen LogP contribution in [0.3, 0.4) is 0 Å². The molecule has 1 atom stereocenters. The van der Waals surface area contributed by atoms with Gasteiger partial charge in [-0.3, -0.25) is 14.6 Å². The van der Waals surface area contributed by atoms with Crippen molar-refractivity contribution in [3.63, 3.8) is 0 Å². The standard InChI is InChI=1S/C14H18FN3O3/c1-5-16-18(3)9(2)17-14(20)10-6-11(8-19)13(21-4)12(15)7-10/h5-9H,1-4H3,(H,17,20)/b16-5-. The third kappa shape index (κ3) is 4.01. The lowest BCUT2D eigenvalue weighted by Gasteiger charge is -2.22. The van der Waals surface area contributed by atoms with Crippen LogP contribution in [0.4, 0.5) is 4.39 Å². The number of aldehydes is 1. The zero-order valence-corrected chi connectivity index (χ0v) is 12.4. The second-order valence-electron chi connectivity index (χ2n) is 4.30. The molecule has 1 unspecified atom stereocenters. The first-order valence-corrected chi connectivity index (χ1v) is 6.29. The second kappa shape index (κ2) is 7.37. The van der Waals surface area contributed by atoms with E-state index in [0.717, 1.165) is 6.07 Å². The van der Waals surface area contributed by atoms with Crippen molar-refractivity contribution in [1.29, 1.82) is 0 Å². The van der Waals surface area contributed by atoms with E-state index in [1.807, 2.05) is 0 Å². The number of methoxy groups -OCH3 is 1. The van der Waals surface area contributed by atoms with Gasteiger partial charge in [-0.15, -0.1) is 0 Å². The zero-order valence-electron chi connectivity index (χ0n) is 12.4. The van der Waals surface area contributed by atoms with Gasteiger partial charge in [0.2, 0.25) is 0 Å². The van der Waals surface area contributed by atoms with Crippen LogP contribution in [-0.2, 0) is 0 Å². The summed E-state index contributed by atoms with van der Waals surface area (Å²) in [5.41, 5.74) is 0.0198. The van der Waals surface area contributed by atoms with Gasteiger partial charge in [0.1, 0.15) is 6.17 Å². The Kier molecular flexibility index (Phi) is 5.83. The molecular formula is C14H18FN3O3. The van der Waals surface area contributed by atoms with Crippen LogP contribution in [0.2, 0.25) is 0 Å². The van der Waals surface area contributed by atoms with Crippen LogP contribution in [0, 0.1) is 5.82 Å². The molecule has 0 heterocycles. The highest BCUT2D eigenvalue weighted by atomic mass is 19.1. The highest BCUT2D eigenvalue weighted by Gasteiger charge is 2.17. The topological polar surface area (TPSA) is 71.0 Å². The molecule has 0 radical (unpaired) electrons. The molecule has 0 aliphatic heterocycles. The number of carbonyl (C=O) groups excluding carboxylic acids is 2. The molecular weight excluding hydrogens is 277 g/mol. The molecule has 1 amide bonds. The molecule has 0 saturated heterocycles. The fraction of sp³-hybridized carbons (Fsp3) is 0.357. The number of hydrogen-bond donors (Lipinski definition) is 1. The first kappa shape index (κ1) is 16.6. The minimum atomic E-state index is -0.764. The number of hydrogen-bond acceptors (Lipinski definition) is 5. The number of amides is 1. The highest BCUT2D eigenvalue weighted by molar-refractivity contribution is 5.96. The molecule has 114 valence electrons. The summed E-state index contributed by atoms with van der Waals surface area (Å²) in [5, 5.41) is 8.18. The number of rotatable bonds is 6. The van der Waals surface area contributed by atoms with Crippen molar-refractivity contribution in [1.82, 2.24) is 10.3 Å². The number of nitrogens with zero attached hydrogens (tertiary/aromatic N) is 2. The quantitative estimate of drug-likeness (QED) is 0.375. The molecule has 1 aromatic carbocycles. The predicted octanol–water partition coefficient (Wildman–Crippen LogP) is 1.66. The van der Waals surface area contributed by atoms with E-state index < -0.39 is 17.9 Å². The van der Waals surface area contributed by atoms with Gasteiger partial charge in [0.15, 0.2) is 17.9 Å². The molecule has 0 aliphatic carbocycles. The Morgan fingerprint density at radius 2 is 2.19 bits per heavy atom. The van der Waals surface area contributed by atoms with Crippen LogP contribution < -0.4 is 10.1 Å². The molecule has 7 heteroatoms. The van der Waals surface area contributed by atoms with Crippen LogP contribution in [0.1, 0.15) is 34.6 Å². The number of ether oxygens (including phenoxy) is 1. The average molecular weight is 295 g/mol. The fourth-order valence-electron chi connectivity index (χ4n) is 1.70. The van der Waals surface area contributed by atoms with Crippen LogP contribution in [0.5, 0.6) is 5.75 Å². The van der Waals surface area contributed by atoms with Crippen molar-refractivity contribution in [2.24, 2.45) is 5.10 Å². The summed E-state index contributed by atoms with van der Waals surface area (Å²) in [5.74, 6) is -1.45. The smallest absolute Gasteiger partial charge is 0.253 e. The van der Waals surface area contributed by atoms with Crippen molar-refractivity contribution < 1.29 is 18.7 Å². The number of nitrogens with one attached hydrogen (secondary N) is 1. The molecule has 0 fully saturated rings. The maximum Gasteiger partial charge on any atom is 0.253 e. The largest absolute Gasteiger partial charge is 0.493 e. The lowest BCUT2D eigenvalue weighted by atomic mass is 10.1. The zero-order chi connectivity index (χ0) is 16.0. The Balaban J connectivity index is 2.98. The molecule has 0 saturated carbocycles.